The summed E-state index contributed by atoms with van der Waals surface area (Å²) in [5.41, 5.74) is 4.60. The van der Waals surface area contributed by atoms with Crippen LogP contribution in [0, 0.1) is 6.92 Å². The maximum atomic E-state index is 12.9. The molecule has 1 amide bonds. The monoisotopic (exact) mass is 397 g/mol. The van der Waals surface area contributed by atoms with Crippen LogP contribution in [0.15, 0.2) is 36.4 Å². The number of methoxy groups -OCH3 is 1. The van der Waals surface area contributed by atoms with Gasteiger partial charge in [-0.15, -0.1) is 0 Å². The van der Waals surface area contributed by atoms with Crippen molar-refractivity contribution in [2.24, 2.45) is 0 Å². The lowest BCUT2D eigenvalue weighted by molar-refractivity contribution is -0.128. The molecule has 0 aliphatic heterocycles. The molecule has 2 atom stereocenters. The van der Waals surface area contributed by atoms with E-state index in [1.165, 1.54) is 5.56 Å². The summed E-state index contributed by atoms with van der Waals surface area (Å²) in [7, 11) is 1.70. The minimum absolute atomic E-state index is 0.0964. The van der Waals surface area contributed by atoms with Gasteiger partial charge in [0.05, 0.1) is 13.2 Å². The zero-order chi connectivity index (χ0) is 21.6. The SMILES string of the molecule is CCc1ccc(O[C@@H](CC)C(=O)N[C@@H](C)c2cc(C(C)C)c(OC)cc2C)cc1. The van der Waals surface area contributed by atoms with E-state index >= 15 is 0 Å². The number of nitrogens with one attached hydrogen (secondary N) is 1. The first kappa shape index (κ1) is 22.8. The Kier molecular flexibility index (Phi) is 8.12. The van der Waals surface area contributed by atoms with Crippen molar-refractivity contribution >= 4 is 5.91 Å². The number of benzene rings is 2. The van der Waals surface area contributed by atoms with E-state index in [1.807, 2.05) is 45.0 Å². The predicted molar refractivity (Wildman–Crippen MR) is 119 cm³/mol. The summed E-state index contributed by atoms with van der Waals surface area (Å²) in [6.07, 6.45) is 1.06. The molecule has 0 heterocycles. The van der Waals surface area contributed by atoms with E-state index in [0.29, 0.717) is 12.3 Å². The van der Waals surface area contributed by atoms with E-state index in [-0.39, 0.29) is 11.9 Å². The third-order valence-corrected chi connectivity index (χ3v) is 5.34. The van der Waals surface area contributed by atoms with E-state index in [1.54, 1.807) is 7.11 Å². The minimum atomic E-state index is -0.520. The zero-order valence-electron chi connectivity index (χ0n) is 18.8. The maximum Gasteiger partial charge on any atom is 0.261 e. The van der Waals surface area contributed by atoms with Crippen molar-refractivity contribution in [1.82, 2.24) is 5.32 Å². The molecule has 4 heteroatoms. The zero-order valence-corrected chi connectivity index (χ0v) is 18.8. The van der Waals surface area contributed by atoms with Crippen molar-refractivity contribution in [2.75, 3.05) is 7.11 Å². The molecule has 0 spiro atoms. The molecule has 0 unspecified atom stereocenters. The Labute approximate surface area is 175 Å². The smallest absolute Gasteiger partial charge is 0.261 e. The molecule has 0 bridgehead atoms. The van der Waals surface area contributed by atoms with E-state index in [2.05, 4.69) is 38.2 Å². The van der Waals surface area contributed by atoms with Crippen molar-refractivity contribution in [3.63, 3.8) is 0 Å². The molecule has 158 valence electrons. The summed E-state index contributed by atoms with van der Waals surface area (Å²) < 4.78 is 11.5. The van der Waals surface area contributed by atoms with Gasteiger partial charge in [0.1, 0.15) is 11.5 Å². The van der Waals surface area contributed by atoms with Crippen LogP contribution in [0.4, 0.5) is 0 Å². The molecule has 2 rings (SSSR count). The second-order valence-corrected chi connectivity index (χ2v) is 7.85. The van der Waals surface area contributed by atoms with E-state index in [9.17, 15) is 4.79 Å². The molecule has 0 fully saturated rings. The maximum absolute atomic E-state index is 12.9. The van der Waals surface area contributed by atoms with Gasteiger partial charge < -0.3 is 14.8 Å². The Bertz CT molecular complexity index is 812. The Morgan fingerprint density at radius 1 is 1.03 bits per heavy atom. The summed E-state index contributed by atoms with van der Waals surface area (Å²) in [6.45, 7) is 12.4. The van der Waals surface area contributed by atoms with Gasteiger partial charge in [-0.25, -0.2) is 0 Å². The lowest BCUT2D eigenvalue weighted by Crippen LogP contribution is -2.39. The second-order valence-electron chi connectivity index (χ2n) is 7.85. The van der Waals surface area contributed by atoms with Gasteiger partial charge in [0.25, 0.3) is 5.91 Å². The van der Waals surface area contributed by atoms with Crippen LogP contribution < -0.4 is 14.8 Å². The van der Waals surface area contributed by atoms with E-state index < -0.39 is 6.10 Å². The molecule has 29 heavy (non-hydrogen) atoms. The van der Waals surface area contributed by atoms with Gasteiger partial charge >= 0.3 is 0 Å². The first-order valence-electron chi connectivity index (χ1n) is 10.5. The summed E-state index contributed by atoms with van der Waals surface area (Å²) in [6, 6.07) is 12.0. The van der Waals surface area contributed by atoms with Crippen LogP contribution in [0.5, 0.6) is 11.5 Å². The summed E-state index contributed by atoms with van der Waals surface area (Å²) >= 11 is 0. The number of carbonyl (C=O) groups excluding carboxylic acids is 1. The Hall–Kier alpha value is -2.49. The lowest BCUT2D eigenvalue weighted by atomic mass is 9.93. The Morgan fingerprint density at radius 2 is 1.69 bits per heavy atom. The van der Waals surface area contributed by atoms with Crippen LogP contribution in [-0.4, -0.2) is 19.1 Å². The first-order chi connectivity index (χ1) is 13.8. The van der Waals surface area contributed by atoms with Crippen LogP contribution in [0.1, 0.15) is 75.3 Å². The molecule has 0 aliphatic rings. The molecule has 2 aromatic carbocycles. The highest BCUT2D eigenvalue weighted by atomic mass is 16.5. The van der Waals surface area contributed by atoms with Crippen LogP contribution >= 0.6 is 0 Å². The van der Waals surface area contributed by atoms with Crippen LogP contribution in [0.2, 0.25) is 0 Å². The minimum Gasteiger partial charge on any atom is -0.496 e. The van der Waals surface area contributed by atoms with Crippen molar-refractivity contribution in [2.45, 2.75) is 72.4 Å². The summed E-state index contributed by atoms with van der Waals surface area (Å²) in [4.78, 5) is 12.9. The average molecular weight is 398 g/mol. The largest absolute Gasteiger partial charge is 0.496 e. The molecule has 2 aromatic rings. The standard InChI is InChI=1S/C25H35NO3/c1-8-19-10-12-20(13-11-19)29-23(9-2)25(27)26-18(6)22-15-21(16(3)4)24(28-7)14-17(22)5/h10-16,18,23H,8-9H2,1-7H3,(H,26,27)/t18-,23-/m0/s1. The number of rotatable bonds is 9. The number of amides is 1. The third-order valence-electron chi connectivity index (χ3n) is 5.34. The molecule has 0 aliphatic carbocycles. The Balaban J connectivity index is 2.14. The van der Waals surface area contributed by atoms with Gasteiger partial charge in [-0.3, -0.25) is 4.79 Å². The molecule has 4 nitrogen and oxygen atoms in total. The molecule has 0 aromatic heterocycles. The fourth-order valence-corrected chi connectivity index (χ4v) is 3.48. The normalized spacial score (nSPS) is 13.1. The average Bonchev–Trinajstić information content (AvgIpc) is 2.71. The molecule has 0 radical (unpaired) electrons. The number of aryl methyl sites for hydroxylation is 2. The number of hydrogen-bond donors (Lipinski definition) is 1. The second kappa shape index (κ2) is 10.3. The van der Waals surface area contributed by atoms with Crippen LogP contribution in [0.25, 0.3) is 0 Å². The molecule has 0 saturated carbocycles. The van der Waals surface area contributed by atoms with Crippen molar-refractivity contribution in [3.8, 4) is 11.5 Å². The van der Waals surface area contributed by atoms with Crippen molar-refractivity contribution in [3.05, 3.63) is 58.7 Å². The topological polar surface area (TPSA) is 47.6 Å². The van der Waals surface area contributed by atoms with Crippen molar-refractivity contribution in [1.29, 1.82) is 0 Å². The number of hydrogen-bond acceptors (Lipinski definition) is 3. The van der Waals surface area contributed by atoms with Gasteiger partial charge in [-0.2, -0.15) is 0 Å². The van der Waals surface area contributed by atoms with Gasteiger partial charge in [0, 0.05) is 0 Å². The van der Waals surface area contributed by atoms with Gasteiger partial charge in [-0.05, 0) is 79.1 Å². The number of ether oxygens (including phenoxy) is 2. The molecule has 1 N–H and O–H groups in total. The fourth-order valence-electron chi connectivity index (χ4n) is 3.48. The Morgan fingerprint density at radius 3 is 2.21 bits per heavy atom. The predicted octanol–water partition coefficient (Wildman–Crippen LogP) is 5.72. The van der Waals surface area contributed by atoms with E-state index in [0.717, 1.165) is 34.6 Å². The summed E-state index contributed by atoms with van der Waals surface area (Å²) in [5.74, 6) is 1.86. The molecule has 0 saturated heterocycles. The van der Waals surface area contributed by atoms with Crippen molar-refractivity contribution < 1.29 is 14.3 Å². The molecular formula is C25H35NO3. The van der Waals surface area contributed by atoms with E-state index in [4.69, 9.17) is 9.47 Å². The summed E-state index contributed by atoms with van der Waals surface area (Å²) in [5, 5.41) is 3.13. The third kappa shape index (κ3) is 5.75. The number of carbonyl (C=O) groups is 1. The molecular weight excluding hydrogens is 362 g/mol. The van der Waals surface area contributed by atoms with Gasteiger partial charge in [0.15, 0.2) is 6.10 Å². The van der Waals surface area contributed by atoms with Gasteiger partial charge in [0.2, 0.25) is 0 Å². The highest BCUT2D eigenvalue weighted by molar-refractivity contribution is 5.81. The van der Waals surface area contributed by atoms with Crippen LogP contribution in [-0.2, 0) is 11.2 Å². The highest BCUT2D eigenvalue weighted by Crippen LogP contribution is 2.32. The quantitative estimate of drug-likeness (QED) is 0.588. The highest BCUT2D eigenvalue weighted by Gasteiger charge is 2.22. The van der Waals surface area contributed by atoms with Gasteiger partial charge in [-0.1, -0.05) is 39.8 Å². The fraction of sp³-hybridized carbons (Fsp3) is 0.480. The first-order valence-corrected chi connectivity index (χ1v) is 10.5. The van der Waals surface area contributed by atoms with Crippen LogP contribution in [0.3, 0.4) is 0 Å². The lowest BCUT2D eigenvalue weighted by Gasteiger charge is -2.23.